The molecule has 114 valence electrons. The third-order valence-corrected chi connectivity index (χ3v) is 4.75. The van der Waals surface area contributed by atoms with Gasteiger partial charge in [0.05, 0.1) is 5.41 Å². The zero-order valence-electron chi connectivity index (χ0n) is 12.5. The van der Waals surface area contributed by atoms with E-state index in [1.807, 2.05) is 13.8 Å². The first-order valence-corrected chi connectivity index (χ1v) is 7.75. The van der Waals surface area contributed by atoms with E-state index in [1.54, 1.807) is 4.90 Å². The van der Waals surface area contributed by atoms with E-state index in [0.717, 1.165) is 18.8 Å². The molecule has 2 aliphatic rings. The molecule has 1 heterocycles. The number of hydrogen-bond acceptors (Lipinski definition) is 2. The van der Waals surface area contributed by atoms with Gasteiger partial charge in [-0.3, -0.25) is 4.79 Å². The van der Waals surface area contributed by atoms with E-state index >= 15 is 0 Å². The Bertz CT molecular complexity index is 381. The number of urea groups is 1. The molecule has 5 nitrogen and oxygen atoms in total. The summed E-state index contributed by atoms with van der Waals surface area (Å²) in [4.78, 5) is 25.4. The number of piperidine rings is 1. The number of carboxylic acid groups (broad SMARTS) is 1. The van der Waals surface area contributed by atoms with Gasteiger partial charge in [-0.1, -0.05) is 19.8 Å². The second-order valence-corrected chi connectivity index (χ2v) is 6.49. The predicted octanol–water partition coefficient (Wildman–Crippen LogP) is 2.46. The number of likely N-dealkylation sites (tertiary alicyclic amines) is 1. The Kier molecular flexibility index (Phi) is 4.55. The number of carbonyl (C=O) groups excluding carboxylic acids is 1. The molecule has 20 heavy (non-hydrogen) atoms. The first kappa shape index (κ1) is 15.1. The van der Waals surface area contributed by atoms with Crippen LogP contribution in [0.2, 0.25) is 0 Å². The molecule has 5 heteroatoms. The fourth-order valence-electron chi connectivity index (χ4n) is 3.13. The molecular weight excluding hydrogens is 256 g/mol. The highest BCUT2D eigenvalue weighted by molar-refractivity contribution is 5.78. The monoisotopic (exact) mass is 282 g/mol. The summed E-state index contributed by atoms with van der Waals surface area (Å²) < 4.78 is 0. The number of amides is 2. The highest BCUT2D eigenvalue weighted by Crippen LogP contribution is 2.35. The van der Waals surface area contributed by atoms with Crippen molar-refractivity contribution in [3.63, 3.8) is 0 Å². The van der Waals surface area contributed by atoms with E-state index in [9.17, 15) is 14.7 Å². The van der Waals surface area contributed by atoms with Gasteiger partial charge in [-0.25, -0.2) is 4.79 Å². The van der Waals surface area contributed by atoms with Crippen molar-refractivity contribution >= 4 is 12.0 Å². The minimum atomic E-state index is -0.775. The zero-order valence-corrected chi connectivity index (χ0v) is 12.5. The van der Waals surface area contributed by atoms with E-state index in [-0.39, 0.29) is 12.1 Å². The number of carboxylic acids is 1. The lowest BCUT2D eigenvalue weighted by atomic mass is 9.78. The van der Waals surface area contributed by atoms with E-state index in [0.29, 0.717) is 25.9 Å². The Balaban J connectivity index is 1.90. The smallest absolute Gasteiger partial charge is 0.317 e. The molecule has 2 unspecified atom stereocenters. The van der Waals surface area contributed by atoms with Crippen molar-refractivity contribution in [1.82, 2.24) is 10.2 Å². The van der Waals surface area contributed by atoms with Crippen LogP contribution in [-0.4, -0.2) is 41.1 Å². The maximum atomic E-state index is 12.3. The average molecular weight is 282 g/mol. The van der Waals surface area contributed by atoms with E-state index < -0.39 is 11.4 Å². The van der Waals surface area contributed by atoms with Crippen molar-refractivity contribution in [3.8, 4) is 0 Å². The van der Waals surface area contributed by atoms with Crippen molar-refractivity contribution in [2.24, 2.45) is 11.3 Å². The molecule has 2 rings (SSSR count). The minimum absolute atomic E-state index is 0.100. The number of nitrogens with zero attached hydrogens (tertiary/aromatic N) is 1. The number of hydrogen-bond donors (Lipinski definition) is 2. The fourth-order valence-corrected chi connectivity index (χ4v) is 3.13. The van der Waals surface area contributed by atoms with Crippen LogP contribution in [0.5, 0.6) is 0 Å². The van der Waals surface area contributed by atoms with Gasteiger partial charge >= 0.3 is 12.0 Å². The van der Waals surface area contributed by atoms with Gasteiger partial charge in [-0.2, -0.15) is 0 Å². The van der Waals surface area contributed by atoms with Crippen molar-refractivity contribution in [1.29, 1.82) is 0 Å². The number of aliphatic carboxylic acids is 1. The summed E-state index contributed by atoms with van der Waals surface area (Å²) in [5.41, 5.74) is -0.755. The van der Waals surface area contributed by atoms with Crippen LogP contribution >= 0.6 is 0 Å². The lowest BCUT2D eigenvalue weighted by Gasteiger charge is -2.39. The molecule has 0 spiro atoms. The van der Waals surface area contributed by atoms with Gasteiger partial charge < -0.3 is 15.3 Å². The van der Waals surface area contributed by atoms with Gasteiger partial charge in [-0.05, 0) is 38.5 Å². The first-order valence-electron chi connectivity index (χ1n) is 7.75. The fraction of sp³-hybridized carbons (Fsp3) is 0.867. The summed E-state index contributed by atoms with van der Waals surface area (Å²) >= 11 is 0. The molecule has 2 fully saturated rings. The van der Waals surface area contributed by atoms with E-state index in [2.05, 4.69) is 5.32 Å². The maximum Gasteiger partial charge on any atom is 0.317 e. The lowest BCUT2D eigenvalue weighted by Crippen LogP contribution is -2.53. The van der Waals surface area contributed by atoms with E-state index in [4.69, 9.17) is 0 Å². The van der Waals surface area contributed by atoms with Crippen molar-refractivity contribution in [2.75, 3.05) is 13.1 Å². The molecule has 0 bridgehead atoms. The molecule has 1 aliphatic heterocycles. The van der Waals surface area contributed by atoms with Crippen LogP contribution in [0.1, 0.15) is 52.4 Å². The molecular formula is C15H26N2O3. The summed E-state index contributed by atoms with van der Waals surface area (Å²) in [5.74, 6) is 0.00365. The summed E-state index contributed by atoms with van der Waals surface area (Å²) in [7, 11) is 0. The van der Waals surface area contributed by atoms with Crippen LogP contribution in [0.15, 0.2) is 0 Å². The van der Waals surface area contributed by atoms with Gasteiger partial charge in [0.15, 0.2) is 0 Å². The summed E-state index contributed by atoms with van der Waals surface area (Å²) in [6.45, 7) is 4.92. The number of nitrogens with one attached hydrogen (secondary N) is 1. The van der Waals surface area contributed by atoms with E-state index in [1.165, 1.54) is 12.8 Å². The average Bonchev–Trinajstić information content (AvgIpc) is 3.22. The van der Waals surface area contributed by atoms with Crippen molar-refractivity contribution in [3.05, 3.63) is 0 Å². The summed E-state index contributed by atoms with van der Waals surface area (Å²) in [5, 5.41) is 12.5. The Morgan fingerprint density at radius 2 is 2.15 bits per heavy atom. The van der Waals surface area contributed by atoms with Crippen LogP contribution in [0.4, 0.5) is 4.79 Å². The summed E-state index contributed by atoms with van der Waals surface area (Å²) in [6.07, 6.45) is 5.61. The van der Waals surface area contributed by atoms with Crippen molar-refractivity contribution < 1.29 is 14.7 Å². The minimum Gasteiger partial charge on any atom is -0.481 e. The molecule has 1 aliphatic carbocycles. The Morgan fingerprint density at radius 1 is 1.45 bits per heavy atom. The SMILES string of the molecule is CCC1(C(=O)O)CCCN(C(=O)NC(C)CC2CC2)C1. The molecule has 2 N–H and O–H groups in total. The molecule has 1 saturated heterocycles. The van der Waals surface area contributed by atoms with Crippen LogP contribution in [0, 0.1) is 11.3 Å². The third kappa shape index (κ3) is 3.44. The van der Waals surface area contributed by atoms with Gasteiger partial charge in [0.2, 0.25) is 0 Å². The second kappa shape index (κ2) is 6.02. The van der Waals surface area contributed by atoms with Crippen LogP contribution in [-0.2, 0) is 4.79 Å². The van der Waals surface area contributed by atoms with Gasteiger partial charge in [0, 0.05) is 19.1 Å². The second-order valence-electron chi connectivity index (χ2n) is 6.49. The normalized spacial score (nSPS) is 28.0. The van der Waals surface area contributed by atoms with Crippen LogP contribution < -0.4 is 5.32 Å². The lowest BCUT2D eigenvalue weighted by molar-refractivity contribution is -0.152. The standard InChI is InChI=1S/C15H26N2O3/c1-3-15(13(18)19)7-4-8-17(10-15)14(20)16-11(2)9-12-5-6-12/h11-12H,3-10H2,1-2H3,(H,16,20)(H,18,19). The zero-order chi connectivity index (χ0) is 14.8. The molecule has 0 aromatic rings. The molecule has 0 radical (unpaired) electrons. The molecule has 2 amide bonds. The molecule has 0 aromatic carbocycles. The Morgan fingerprint density at radius 3 is 2.70 bits per heavy atom. The summed E-state index contributed by atoms with van der Waals surface area (Å²) in [6, 6.07) is 0.0784. The van der Waals surface area contributed by atoms with Crippen LogP contribution in [0.25, 0.3) is 0 Å². The largest absolute Gasteiger partial charge is 0.481 e. The van der Waals surface area contributed by atoms with Crippen LogP contribution in [0.3, 0.4) is 0 Å². The van der Waals surface area contributed by atoms with Crippen molar-refractivity contribution in [2.45, 2.75) is 58.4 Å². The number of rotatable bonds is 5. The highest BCUT2D eigenvalue weighted by Gasteiger charge is 2.42. The molecule has 2 atom stereocenters. The Hall–Kier alpha value is -1.26. The third-order valence-electron chi connectivity index (χ3n) is 4.75. The predicted molar refractivity (Wildman–Crippen MR) is 76.5 cm³/mol. The topological polar surface area (TPSA) is 69.6 Å². The van der Waals surface area contributed by atoms with Gasteiger partial charge in [-0.15, -0.1) is 0 Å². The molecule has 0 aromatic heterocycles. The van der Waals surface area contributed by atoms with Gasteiger partial charge in [0.25, 0.3) is 0 Å². The molecule has 1 saturated carbocycles. The maximum absolute atomic E-state index is 12.3. The number of carbonyl (C=O) groups is 2. The Labute approximate surface area is 120 Å². The highest BCUT2D eigenvalue weighted by atomic mass is 16.4. The van der Waals surface area contributed by atoms with Gasteiger partial charge in [0.1, 0.15) is 0 Å². The first-order chi connectivity index (χ1) is 9.47. The quantitative estimate of drug-likeness (QED) is 0.813.